The summed E-state index contributed by atoms with van der Waals surface area (Å²) in [6, 6.07) is 10.6. The summed E-state index contributed by atoms with van der Waals surface area (Å²) in [5, 5.41) is 3.09. The van der Waals surface area contributed by atoms with Gasteiger partial charge in [0, 0.05) is 24.8 Å². The number of amides is 1. The molecule has 1 amide bonds. The van der Waals surface area contributed by atoms with Crippen LogP contribution in [0.4, 0.5) is 5.69 Å². The summed E-state index contributed by atoms with van der Waals surface area (Å²) in [5.41, 5.74) is 1.24. The number of likely N-dealkylation sites (N-methyl/N-ethyl adjacent to an activating group) is 1. The van der Waals surface area contributed by atoms with Gasteiger partial charge < -0.3 is 15.1 Å². The highest BCUT2D eigenvalue weighted by Crippen LogP contribution is 2.19. The molecule has 1 aromatic carbocycles. The molecular weight excluding hydrogens is 226 g/mol. The van der Waals surface area contributed by atoms with Gasteiger partial charge in [-0.1, -0.05) is 18.2 Å². The van der Waals surface area contributed by atoms with E-state index in [0.717, 1.165) is 19.5 Å². The monoisotopic (exact) mass is 247 g/mol. The molecule has 0 aromatic heterocycles. The second-order valence-electron chi connectivity index (χ2n) is 5.07. The topological polar surface area (TPSA) is 35.6 Å². The van der Waals surface area contributed by atoms with Crippen molar-refractivity contribution in [2.24, 2.45) is 0 Å². The first kappa shape index (κ1) is 12.9. The highest BCUT2D eigenvalue weighted by Gasteiger charge is 2.23. The Morgan fingerprint density at radius 3 is 2.78 bits per heavy atom. The van der Waals surface area contributed by atoms with Crippen molar-refractivity contribution in [3.8, 4) is 0 Å². The number of hydrogen-bond acceptors (Lipinski definition) is 3. The zero-order valence-corrected chi connectivity index (χ0v) is 11.1. The van der Waals surface area contributed by atoms with Crippen molar-refractivity contribution in [2.75, 3.05) is 38.6 Å². The van der Waals surface area contributed by atoms with Gasteiger partial charge in [-0.15, -0.1) is 0 Å². The first-order chi connectivity index (χ1) is 8.65. The van der Waals surface area contributed by atoms with Crippen LogP contribution in [0.1, 0.15) is 6.42 Å². The minimum Gasteiger partial charge on any atom is -0.369 e. The second kappa shape index (κ2) is 5.87. The SMILES string of the molecule is CN(C)CC(=O)NC1CCN(c2ccccc2)C1. The molecule has 1 N–H and O–H groups in total. The van der Waals surface area contributed by atoms with Gasteiger partial charge in [0.1, 0.15) is 0 Å². The highest BCUT2D eigenvalue weighted by molar-refractivity contribution is 5.78. The summed E-state index contributed by atoms with van der Waals surface area (Å²) in [6.07, 6.45) is 1.02. The van der Waals surface area contributed by atoms with Gasteiger partial charge in [0.2, 0.25) is 5.91 Å². The molecule has 4 heteroatoms. The van der Waals surface area contributed by atoms with Crippen molar-refractivity contribution in [2.45, 2.75) is 12.5 Å². The minimum absolute atomic E-state index is 0.111. The number of carbonyl (C=O) groups excluding carboxylic acids is 1. The predicted molar refractivity (Wildman–Crippen MR) is 73.8 cm³/mol. The summed E-state index contributed by atoms with van der Waals surface area (Å²) in [5.74, 6) is 0.111. The molecule has 0 saturated carbocycles. The third-order valence-electron chi connectivity index (χ3n) is 3.13. The molecule has 1 aromatic rings. The van der Waals surface area contributed by atoms with E-state index in [4.69, 9.17) is 0 Å². The molecular formula is C14H21N3O. The van der Waals surface area contributed by atoms with Crippen molar-refractivity contribution in [1.82, 2.24) is 10.2 Å². The lowest BCUT2D eigenvalue weighted by Crippen LogP contribution is -2.41. The van der Waals surface area contributed by atoms with Gasteiger partial charge >= 0.3 is 0 Å². The zero-order chi connectivity index (χ0) is 13.0. The number of nitrogens with zero attached hydrogens (tertiary/aromatic N) is 2. The van der Waals surface area contributed by atoms with E-state index in [1.54, 1.807) is 0 Å². The van der Waals surface area contributed by atoms with Crippen LogP contribution in [0.3, 0.4) is 0 Å². The van der Waals surface area contributed by atoms with Crippen molar-refractivity contribution < 1.29 is 4.79 Å². The van der Waals surface area contributed by atoms with Crippen molar-refractivity contribution in [3.63, 3.8) is 0 Å². The van der Waals surface area contributed by atoms with E-state index in [1.807, 2.05) is 37.2 Å². The van der Waals surface area contributed by atoms with Gasteiger partial charge in [-0.2, -0.15) is 0 Å². The van der Waals surface area contributed by atoms with E-state index < -0.39 is 0 Å². The highest BCUT2D eigenvalue weighted by atomic mass is 16.2. The Morgan fingerprint density at radius 1 is 1.39 bits per heavy atom. The number of anilines is 1. The first-order valence-electron chi connectivity index (χ1n) is 6.39. The van der Waals surface area contributed by atoms with E-state index in [-0.39, 0.29) is 11.9 Å². The van der Waals surface area contributed by atoms with Crippen molar-refractivity contribution >= 4 is 11.6 Å². The third kappa shape index (κ3) is 3.47. The Balaban J connectivity index is 1.84. The molecule has 1 aliphatic heterocycles. The third-order valence-corrected chi connectivity index (χ3v) is 3.13. The van der Waals surface area contributed by atoms with Gasteiger partial charge in [-0.3, -0.25) is 4.79 Å². The summed E-state index contributed by atoms with van der Waals surface area (Å²) in [4.78, 5) is 15.9. The number of benzene rings is 1. The number of carbonyl (C=O) groups is 1. The lowest BCUT2D eigenvalue weighted by Gasteiger charge is -2.19. The Morgan fingerprint density at radius 2 is 2.11 bits per heavy atom. The molecule has 98 valence electrons. The first-order valence-corrected chi connectivity index (χ1v) is 6.39. The maximum absolute atomic E-state index is 11.7. The summed E-state index contributed by atoms with van der Waals surface area (Å²) < 4.78 is 0. The average Bonchev–Trinajstić information content (AvgIpc) is 2.77. The van der Waals surface area contributed by atoms with Gasteiger partial charge in [-0.25, -0.2) is 0 Å². The number of hydrogen-bond donors (Lipinski definition) is 1. The standard InChI is InChI=1S/C14H21N3O/c1-16(2)11-14(18)15-12-8-9-17(10-12)13-6-4-3-5-7-13/h3-7,12H,8-11H2,1-2H3,(H,15,18). The van der Waals surface area contributed by atoms with Crippen LogP contribution >= 0.6 is 0 Å². The molecule has 4 nitrogen and oxygen atoms in total. The van der Waals surface area contributed by atoms with Crippen LogP contribution in [0.25, 0.3) is 0 Å². The molecule has 1 atom stereocenters. The van der Waals surface area contributed by atoms with Crippen LogP contribution in [0.2, 0.25) is 0 Å². The maximum atomic E-state index is 11.7. The van der Waals surface area contributed by atoms with Crippen molar-refractivity contribution in [3.05, 3.63) is 30.3 Å². The van der Waals surface area contributed by atoms with Gasteiger partial charge in [0.25, 0.3) is 0 Å². The molecule has 0 spiro atoms. The largest absolute Gasteiger partial charge is 0.369 e. The Labute approximate surface area is 109 Å². The summed E-state index contributed by atoms with van der Waals surface area (Å²) in [6.45, 7) is 2.38. The van der Waals surface area contributed by atoms with Crippen LogP contribution in [0.5, 0.6) is 0 Å². The fraction of sp³-hybridized carbons (Fsp3) is 0.500. The molecule has 1 unspecified atom stereocenters. The minimum atomic E-state index is 0.111. The Kier molecular flexibility index (Phi) is 4.20. The van der Waals surface area contributed by atoms with E-state index in [9.17, 15) is 4.79 Å². The van der Waals surface area contributed by atoms with Crippen LogP contribution < -0.4 is 10.2 Å². The van der Waals surface area contributed by atoms with Crippen LogP contribution in [0.15, 0.2) is 30.3 Å². The van der Waals surface area contributed by atoms with Gasteiger partial charge in [0.15, 0.2) is 0 Å². The molecule has 2 rings (SSSR count). The molecule has 1 heterocycles. The van der Waals surface area contributed by atoms with E-state index >= 15 is 0 Å². The summed E-state index contributed by atoms with van der Waals surface area (Å²) in [7, 11) is 3.81. The number of para-hydroxylation sites is 1. The molecule has 0 bridgehead atoms. The maximum Gasteiger partial charge on any atom is 0.234 e. The smallest absolute Gasteiger partial charge is 0.234 e. The van der Waals surface area contributed by atoms with Crippen LogP contribution in [-0.4, -0.2) is 50.6 Å². The fourth-order valence-corrected chi connectivity index (χ4v) is 2.31. The van der Waals surface area contributed by atoms with Crippen LogP contribution in [0, 0.1) is 0 Å². The normalized spacial score (nSPS) is 19.3. The van der Waals surface area contributed by atoms with E-state index in [1.165, 1.54) is 5.69 Å². The number of nitrogens with one attached hydrogen (secondary N) is 1. The summed E-state index contributed by atoms with van der Waals surface area (Å²) >= 11 is 0. The lowest BCUT2D eigenvalue weighted by atomic mass is 10.2. The second-order valence-corrected chi connectivity index (χ2v) is 5.07. The average molecular weight is 247 g/mol. The number of rotatable bonds is 4. The zero-order valence-electron chi connectivity index (χ0n) is 11.1. The van der Waals surface area contributed by atoms with Gasteiger partial charge in [-0.05, 0) is 32.6 Å². The molecule has 1 saturated heterocycles. The van der Waals surface area contributed by atoms with Crippen molar-refractivity contribution in [1.29, 1.82) is 0 Å². The Bertz CT molecular complexity index is 391. The quantitative estimate of drug-likeness (QED) is 0.860. The Hall–Kier alpha value is -1.55. The molecule has 1 aliphatic rings. The van der Waals surface area contributed by atoms with Gasteiger partial charge in [0.05, 0.1) is 6.54 Å². The lowest BCUT2D eigenvalue weighted by molar-refractivity contribution is -0.122. The molecule has 0 aliphatic carbocycles. The molecule has 18 heavy (non-hydrogen) atoms. The molecule has 0 radical (unpaired) electrons. The predicted octanol–water partition coefficient (Wildman–Crippen LogP) is 0.943. The molecule has 1 fully saturated rings. The fourth-order valence-electron chi connectivity index (χ4n) is 2.31. The van der Waals surface area contributed by atoms with E-state index in [0.29, 0.717) is 6.54 Å². The van der Waals surface area contributed by atoms with Crippen LogP contribution in [-0.2, 0) is 4.79 Å². The van der Waals surface area contributed by atoms with E-state index in [2.05, 4.69) is 22.3 Å².